The third-order valence-electron chi connectivity index (χ3n) is 2.22. The van der Waals surface area contributed by atoms with Crippen molar-refractivity contribution in [1.82, 2.24) is 0 Å². The SMILES string of the molecule is C=CCOCC(O)C[As](=O)(O)c1cccc(Cl)c1. The summed E-state index contributed by atoms with van der Waals surface area (Å²) in [5, 5.41) is 9.84. The zero-order valence-corrected chi connectivity index (χ0v) is 12.5. The molecule has 2 N–H and O–H groups in total. The van der Waals surface area contributed by atoms with Crippen LogP contribution in [-0.2, 0) is 8.48 Å². The quantitative estimate of drug-likeness (QED) is 0.443. The first-order valence-corrected chi connectivity index (χ1v) is 9.65. The van der Waals surface area contributed by atoms with E-state index in [0.717, 1.165) is 0 Å². The van der Waals surface area contributed by atoms with Crippen LogP contribution in [0.25, 0.3) is 0 Å². The van der Waals surface area contributed by atoms with Gasteiger partial charge in [-0.2, -0.15) is 0 Å². The van der Waals surface area contributed by atoms with Gasteiger partial charge in [0.1, 0.15) is 0 Å². The van der Waals surface area contributed by atoms with E-state index in [2.05, 4.69) is 6.58 Å². The molecule has 0 aromatic heterocycles. The minimum absolute atomic E-state index is 0.0123. The molecule has 0 amide bonds. The maximum absolute atomic E-state index is 12.1. The average Bonchev–Trinajstić information content (AvgIpc) is 2.28. The number of aliphatic hydroxyl groups excluding tert-OH is 1. The van der Waals surface area contributed by atoms with Gasteiger partial charge in [0.05, 0.1) is 0 Å². The molecule has 0 radical (unpaired) electrons. The van der Waals surface area contributed by atoms with Crippen molar-refractivity contribution in [3.05, 3.63) is 41.9 Å². The number of rotatable bonds is 7. The summed E-state index contributed by atoms with van der Waals surface area (Å²) in [5.41, 5.74) is 0. The molecule has 18 heavy (non-hydrogen) atoms. The van der Waals surface area contributed by atoms with Crippen molar-refractivity contribution in [3.8, 4) is 0 Å². The van der Waals surface area contributed by atoms with Gasteiger partial charge in [0.15, 0.2) is 0 Å². The standard InChI is InChI=1S/C12H16AsClO4/c1-2-6-18-9-12(15)8-13(16,17)10-4-3-5-11(14)7-10/h2-5,7,12,15H,1,6,8-9H2,(H,16,17). The molecule has 1 rings (SSSR count). The third kappa shape index (κ3) is 5.00. The predicted octanol–water partition coefficient (Wildman–Crippen LogP) is 0.975. The van der Waals surface area contributed by atoms with Crippen molar-refractivity contribution in [2.75, 3.05) is 13.2 Å². The monoisotopic (exact) mass is 334 g/mol. The summed E-state index contributed by atoms with van der Waals surface area (Å²) in [4.78, 5) is 0. The van der Waals surface area contributed by atoms with Crippen LogP contribution < -0.4 is 4.35 Å². The van der Waals surface area contributed by atoms with Gasteiger partial charge in [-0.05, 0) is 0 Å². The fraction of sp³-hybridized carbons (Fsp3) is 0.333. The molecule has 0 fully saturated rings. The first-order chi connectivity index (χ1) is 8.45. The van der Waals surface area contributed by atoms with E-state index in [4.69, 9.17) is 16.3 Å². The van der Waals surface area contributed by atoms with Crippen LogP contribution in [0.5, 0.6) is 0 Å². The molecule has 1 aromatic rings. The van der Waals surface area contributed by atoms with Crippen LogP contribution in [0.1, 0.15) is 0 Å². The Morgan fingerprint density at radius 3 is 2.89 bits per heavy atom. The van der Waals surface area contributed by atoms with Crippen molar-refractivity contribution in [1.29, 1.82) is 0 Å². The first kappa shape index (κ1) is 15.5. The molecule has 0 saturated heterocycles. The molecule has 4 nitrogen and oxygen atoms in total. The third-order valence-corrected chi connectivity index (χ3v) is 6.65. The fourth-order valence-corrected chi connectivity index (χ4v) is 5.03. The van der Waals surface area contributed by atoms with Gasteiger partial charge in [-0.15, -0.1) is 0 Å². The second-order valence-corrected chi connectivity index (χ2v) is 9.07. The molecule has 2 unspecified atom stereocenters. The first-order valence-electron chi connectivity index (χ1n) is 5.40. The van der Waals surface area contributed by atoms with Gasteiger partial charge in [0, 0.05) is 0 Å². The topological polar surface area (TPSA) is 66.8 Å². The van der Waals surface area contributed by atoms with Gasteiger partial charge in [-0.3, -0.25) is 0 Å². The molecule has 0 aliphatic carbocycles. The van der Waals surface area contributed by atoms with Crippen LogP contribution in [0.2, 0.25) is 10.2 Å². The maximum atomic E-state index is 12.1. The van der Waals surface area contributed by atoms with Crippen molar-refractivity contribution in [3.63, 3.8) is 0 Å². The number of hydrogen-bond donors (Lipinski definition) is 2. The Balaban J connectivity index is 2.64. The summed E-state index contributed by atoms with van der Waals surface area (Å²) in [6.45, 7) is 3.78. The van der Waals surface area contributed by atoms with Gasteiger partial charge in [-0.1, -0.05) is 0 Å². The second-order valence-electron chi connectivity index (χ2n) is 3.84. The van der Waals surface area contributed by atoms with E-state index in [1.807, 2.05) is 0 Å². The number of ether oxygens (including phenoxy) is 1. The number of benzene rings is 1. The van der Waals surface area contributed by atoms with Crippen LogP contribution in [0, 0.1) is 0 Å². The van der Waals surface area contributed by atoms with Gasteiger partial charge < -0.3 is 0 Å². The summed E-state index contributed by atoms with van der Waals surface area (Å²) in [7, 11) is 0. The van der Waals surface area contributed by atoms with Gasteiger partial charge in [0.25, 0.3) is 0 Å². The zero-order chi connectivity index (χ0) is 13.6. The number of halogens is 1. The zero-order valence-electron chi connectivity index (χ0n) is 9.83. The van der Waals surface area contributed by atoms with Crippen LogP contribution >= 0.6 is 11.6 Å². The molecule has 0 aliphatic heterocycles. The average molecular weight is 335 g/mol. The molecular formula is C12H16AsClO4. The summed E-state index contributed by atoms with van der Waals surface area (Å²) < 4.78 is 27.4. The molecule has 100 valence electrons. The Hall–Kier alpha value is -0.512. The van der Waals surface area contributed by atoms with E-state index in [1.54, 1.807) is 24.3 Å². The van der Waals surface area contributed by atoms with Gasteiger partial charge >= 0.3 is 114 Å². The van der Waals surface area contributed by atoms with E-state index in [9.17, 15) is 12.9 Å². The number of aliphatic hydroxyl groups is 1. The Bertz CT molecular complexity index is 449. The van der Waals surface area contributed by atoms with Crippen molar-refractivity contribution < 1.29 is 17.7 Å². The van der Waals surface area contributed by atoms with Gasteiger partial charge in [0.2, 0.25) is 0 Å². The molecule has 0 aliphatic rings. The van der Waals surface area contributed by atoms with Crippen molar-refractivity contribution in [2.45, 2.75) is 11.3 Å². The van der Waals surface area contributed by atoms with E-state index in [-0.39, 0.29) is 11.8 Å². The van der Waals surface area contributed by atoms with Crippen LogP contribution in [0.15, 0.2) is 36.9 Å². The van der Waals surface area contributed by atoms with E-state index >= 15 is 0 Å². The normalized spacial score (nSPS) is 15.9. The molecule has 0 bridgehead atoms. The number of hydrogen-bond acceptors (Lipinski definition) is 3. The van der Waals surface area contributed by atoms with Crippen LogP contribution in [-0.4, -0.2) is 42.4 Å². The summed E-state index contributed by atoms with van der Waals surface area (Å²) in [5.74, 6) is 0. The molecular weight excluding hydrogens is 319 g/mol. The summed E-state index contributed by atoms with van der Waals surface area (Å²) in [6, 6.07) is 6.25. The Morgan fingerprint density at radius 1 is 1.56 bits per heavy atom. The summed E-state index contributed by atoms with van der Waals surface area (Å²) >= 11 is 1.48. The molecule has 6 heteroatoms. The second kappa shape index (κ2) is 7.17. The molecule has 0 saturated carbocycles. The Morgan fingerprint density at radius 2 is 2.28 bits per heavy atom. The molecule has 2 atom stereocenters. The van der Waals surface area contributed by atoms with E-state index in [1.165, 1.54) is 6.07 Å². The van der Waals surface area contributed by atoms with Gasteiger partial charge in [-0.25, -0.2) is 0 Å². The fourth-order valence-electron chi connectivity index (χ4n) is 1.42. The van der Waals surface area contributed by atoms with Crippen molar-refractivity contribution >= 4 is 29.8 Å². The van der Waals surface area contributed by atoms with Crippen LogP contribution in [0.3, 0.4) is 0 Å². The summed E-state index contributed by atoms with van der Waals surface area (Å²) in [6.07, 6.45) is 0.576. The van der Waals surface area contributed by atoms with E-state index < -0.39 is 19.9 Å². The molecule has 1 aromatic carbocycles. The van der Waals surface area contributed by atoms with Crippen LogP contribution in [0.4, 0.5) is 0 Å². The Labute approximate surface area is 114 Å². The van der Waals surface area contributed by atoms with Crippen molar-refractivity contribution in [2.24, 2.45) is 0 Å². The molecule has 0 spiro atoms. The predicted molar refractivity (Wildman–Crippen MR) is 71.6 cm³/mol. The molecule has 0 heterocycles. The minimum atomic E-state index is -4.29. The Kier molecular flexibility index (Phi) is 6.19. The van der Waals surface area contributed by atoms with E-state index in [0.29, 0.717) is 16.0 Å².